The monoisotopic (exact) mass is 465 g/mol. The third-order valence-electron chi connectivity index (χ3n) is 5.17. The van der Waals surface area contributed by atoms with E-state index < -0.39 is 19.9 Å². The molecule has 2 aromatic rings. The number of carbonyl (C=O) groups is 1. The Hall–Kier alpha value is -2.43. The topological polar surface area (TPSA) is 113 Å². The smallest absolute Gasteiger partial charge is 0.243 e. The zero-order valence-corrected chi connectivity index (χ0v) is 19.2. The molecule has 1 aliphatic rings. The lowest BCUT2D eigenvalue weighted by Gasteiger charge is -2.16. The van der Waals surface area contributed by atoms with Crippen molar-refractivity contribution < 1.29 is 21.6 Å². The van der Waals surface area contributed by atoms with Gasteiger partial charge in [-0.15, -0.1) is 0 Å². The molecule has 1 saturated heterocycles. The van der Waals surface area contributed by atoms with Crippen LogP contribution in [0, 0.1) is 0 Å². The van der Waals surface area contributed by atoms with E-state index in [0.29, 0.717) is 36.4 Å². The van der Waals surface area contributed by atoms with Gasteiger partial charge in [-0.3, -0.25) is 4.79 Å². The second kappa shape index (κ2) is 9.37. The summed E-state index contributed by atoms with van der Waals surface area (Å²) in [7, 11) is -6.87. The molecule has 0 radical (unpaired) electrons. The van der Waals surface area contributed by atoms with Crippen molar-refractivity contribution in [1.29, 1.82) is 0 Å². The summed E-state index contributed by atoms with van der Waals surface area (Å²) >= 11 is 0. The number of nitrogens with zero attached hydrogens (tertiary/aromatic N) is 1. The fraction of sp³-hybridized carbons (Fsp3) is 0.381. The molecule has 1 heterocycles. The molecule has 1 aliphatic heterocycles. The standard InChI is InChI=1S/C21H27N3O5S2/c1-3-18-19(7-6-8-20(18)30(2,26)27)22-15-21(25)23-16-9-11-17(12-10-16)31(28,29)24-13-4-5-14-24/h6-12,22H,3-5,13-15H2,1-2H3,(H,23,25). The van der Waals surface area contributed by atoms with Crippen molar-refractivity contribution in [2.75, 3.05) is 36.5 Å². The van der Waals surface area contributed by atoms with Gasteiger partial charge in [0.05, 0.1) is 16.3 Å². The highest BCUT2D eigenvalue weighted by molar-refractivity contribution is 7.90. The van der Waals surface area contributed by atoms with Crippen LogP contribution in [-0.4, -0.2) is 52.9 Å². The van der Waals surface area contributed by atoms with E-state index in [0.717, 1.165) is 19.1 Å². The first-order valence-corrected chi connectivity index (χ1v) is 13.4. The lowest BCUT2D eigenvalue weighted by atomic mass is 10.1. The average Bonchev–Trinajstić information content (AvgIpc) is 3.27. The Kier molecular flexibility index (Phi) is 7.03. The molecule has 0 aromatic heterocycles. The number of sulfone groups is 1. The fourth-order valence-corrected chi connectivity index (χ4v) is 6.16. The van der Waals surface area contributed by atoms with Crippen LogP contribution in [0.1, 0.15) is 25.3 Å². The van der Waals surface area contributed by atoms with Gasteiger partial charge in [-0.25, -0.2) is 16.8 Å². The zero-order chi connectivity index (χ0) is 22.6. The molecule has 0 saturated carbocycles. The Morgan fingerprint density at radius 1 is 1.00 bits per heavy atom. The van der Waals surface area contributed by atoms with E-state index in [-0.39, 0.29) is 22.2 Å². The summed E-state index contributed by atoms with van der Waals surface area (Å²) in [6, 6.07) is 11.0. The van der Waals surface area contributed by atoms with Gasteiger partial charge in [0.2, 0.25) is 15.9 Å². The van der Waals surface area contributed by atoms with Gasteiger partial charge in [0.25, 0.3) is 0 Å². The molecule has 1 fully saturated rings. The Morgan fingerprint density at radius 2 is 1.65 bits per heavy atom. The van der Waals surface area contributed by atoms with Crippen molar-refractivity contribution in [2.24, 2.45) is 0 Å². The third-order valence-corrected chi connectivity index (χ3v) is 8.26. The number of hydrogen-bond donors (Lipinski definition) is 2. The zero-order valence-electron chi connectivity index (χ0n) is 17.6. The number of nitrogens with one attached hydrogen (secondary N) is 2. The van der Waals surface area contributed by atoms with Crippen LogP contribution < -0.4 is 10.6 Å². The summed E-state index contributed by atoms with van der Waals surface area (Å²) in [6.07, 6.45) is 3.39. The van der Waals surface area contributed by atoms with Gasteiger partial charge >= 0.3 is 0 Å². The van der Waals surface area contributed by atoms with Crippen molar-refractivity contribution >= 4 is 37.1 Å². The number of anilines is 2. The molecule has 0 aliphatic carbocycles. The molecule has 2 N–H and O–H groups in total. The van der Waals surface area contributed by atoms with Gasteiger partial charge < -0.3 is 10.6 Å². The maximum absolute atomic E-state index is 12.6. The van der Waals surface area contributed by atoms with Crippen molar-refractivity contribution in [2.45, 2.75) is 36.0 Å². The highest BCUT2D eigenvalue weighted by Gasteiger charge is 2.27. The Bertz CT molecular complexity index is 1150. The van der Waals surface area contributed by atoms with Gasteiger partial charge in [-0.1, -0.05) is 13.0 Å². The van der Waals surface area contributed by atoms with Crippen molar-refractivity contribution in [1.82, 2.24) is 4.31 Å². The maximum atomic E-state index is 12.6. The van der Waals surface area contributed by atoms with Gasteiger partial charge in [0, 0.05) is 30.7 Å². The van der Waals surface area contributed by atoms with Crippen molar-refractivity contribution in [3.8, 4) is 0 Å². The van der Waals surface area contributed by atoms with Gasteiger partial charge in [-0.2, -0.15) is 4.31 Å². The predicted octanol–water partition coefficient (Wildman–Crippen LogP) is 2.49. The summed E-state index contributed by atoms with van der Waals surface area (Å²) in [5, 5.41) is 5.70. The largest absolute Gasteiger partial charge is 0.376 e. The van der Waals surface area contributed by atoms with Crippen LogP contribution in [0.25, 0.3) is 0 Å². The van der Waals surface area contributed by atoms with Crippen LogP contribution in [0.2, 0.25) is 0 Å². The Labute approximate surface area is 183 Å². The molecule has 2 aromatic carbocycles. The lowest BCUT2D eigenvalue weighted by molar-refractivity contribution is -0.114. The number of carbonyl (C=O) groups excluding carboxylic acids is 1. The first-order valence-electron chi connectivity index (χ1n) is 10.1. The predicted molar refractivity (Wildman–Crippen MR) is 120 cm³/mol. The number of sulfonamides is 1. The van der Waals surface area contributed by atoms with Crippen molar-refractivity contribution in [3.05, 3.63) is 48.0 Å². The van der Waals surface area contributed by atoms with E-state index in [2.05, 4.69) is 10.6 Å². The molecule has 0 spiro atoms. The Morgan fingerprint density at radius 3 is 2.23 bits per heavy atom. The normalized spacial score (nSPS) is 15.0. The number of amides is 1. The minimum Gasteiger partial charge on any atom is -0.376 e. The summed E-state index contributed by atoms with van der Waals surface area (Å²) < 4.78 is 50.6. The molecule has 31 heavy (non-hydrogen) atoms. The summed E-state index contributed by atoms with van der Waals surface area (Å²) in [5.74, 6) is -0.332. The summed E-state index contributed by atoms with van der Waals surface area (Å²) in [5.41, 5.74) is 1.70. The molecule has 168 valence electrons. The van der Waals surface area contributed by atoms with E-state index >= 15 is 0 Å². The lowest BCUT2D eigenvalue weighted by Crippen LogP contribution is -2.27. The number of benzene rings is 2. The molecule has 10 heteroatoms. The second-order valence-corrected chi connectivity index (χ2v) is 11.4. The summed E-state index contributed by atoms with van der Waals surface area (Å²) in [4.78, 5) is 12.8. The second-order valence-electron chi connectivity index (χ2n) is 7.45. The molecule has 0 bridgehead atoms. The van der Waals surface area contributed by atoms with E-state index in [9.17, 15) is 21.6 Å². The van der Waals surface area contributed by atoms with E-state index in [1.807, 2.05) is 6.92 Å². The van der Waals surface area contributed by atoms with Crippen LogP contribution >= 0.6 is 0 Å². The molecule has 3 rings (SSSR count). The third kappa shape index (κ3) is 5.44. The van der Waals surface area contributed by atoms with Crippen molar-refractivity contribution in [3.63, 3.8) is 0 Å². The van der Waals surface area contributed by atoms with Crippen LogP contribution in [0.4, 0.5) is 11.4 Å². The number of rotatable bonds is 8. The van der Waals surface area contributed by atoms with Gasteiger partial charge in [0.1, 0.15) is 0 Å². The molecule has 8 nitrogen and oxygen atoms in total. The first kappa shape index (κ1) is 23.2. The Balaban J connectivity index is 1.64. The van der Waals surface area contributed by atoms with Crippen LogP contribution in [0.3, 0.4) is 0 Å². The van der Waals surface area contributed by atoms with E-state index in [4.69, 9.17) is 0 Å². The molecular weight excluding hydrogens is 438 g/mol. The number of hydrogen-bond acceptors (Lipinski definition) is 6. The average molecular weight is 466 g/mol. The molecule has 0 unspecified atom stereocenters. The summed E-state index contributed by atoms with van der Waals surface area (Å²) in [6.45, 7) is 2.86. The SMILES string of the molecule is CCc1c(NCC(=O)Nc2ccc(S(=O)(=O)N3CCCC3)cc2)cccc1S(C)(=O)=O. The highest BCUT2D eigenvalue weighted by Crippen LogP contribution is 2.25. The van der Waals surface area contributed by atoms with Gasteiger partial charge in [-0.05, 0) is 61.2 Å². The van der Waals surface area contributed by atoms with Crippen LogP contribution in [0.5, 0.6) is 0 Å². The van der Waals surface area contributed by atoms with E-state index in [1.165, 1.54) is 16.4 Å². The highest BCUT2D eigenvalue weighted by atomic mass is 32.2. The maximum Gasteiger partial charge on any atom is 0.243 e. The van der Waals surface area contributed by atoms with Crippen LogP contribution in [-0.2, 0) is 31.1 Å². The van der Waals surface area contributed by atoms with E-state index in [1.54, 1.807) is 30.3 Å². The minimum absolute atomic E-state index is 0.0615. The molecular formula is C21H27N3O5S2. The van der Waals surface area contributed by atoms with Crippen LogP contribution in [0.15, 0.2) is 52.3 Å². The quantitative estimate of drug-likeness (QED) is 0.619. The molecule has 0 atom stereocenters. The van der Waals surface area contributed by atoms with Gasteiger partial charge in [0.15, 0.2) is 9.84 Å². The fourth-order valence-electron chi connectivity index (χ4n) is 3.61. The minimum atomic E-state index is -3.49. The first-order chi connectivity index (χ1) is 14.6. The molecule has 1 amide bonds.